The molecule has 0 radical (unpaired) electrons. The molecule has 0 heterocycles. The fraction of sp³-hybridized carbons (Fsp3) is 0.111. The lowest BCUT2D eigenvalue weighted by molar-refractivity contribution is 0.940. The normalized spacial score (nSPS) is 9.60. The molecule has 0 fully saturated rings. The van der Waals surface area contributed by atoms with E-state index >= 15 is 0 Å². The smallest absolute Gasteiger partial charge is 0.145 e. The summed E-state index contributed by atoms with van der Waals surface area (Å²) in [6, 6.07) is 10.1. The van der Waals surface area contributed by atoms with Crippen molar-refractivity contribution in [3.63, 3.8) is 0 Å². The van der Waals surface area contributed by atoms with Gasteiger partial charge in [-0.25, -0.2) is 0 Å². The average molecular weight is 274 g/mol. The molecule has 3 N–H and O–H groups in total. The molecule has 15 heavy (non-hydrogen) atoms. The third kappa shape index (κ3) is 5.99. The molecule has 0 aliphatic rings. The summed E-state index contributed by atoms with van der Waals surface area (Å²) >= 11 is 9.81. The molecule has 2 nitrogen and oxygen atoms in total. The zero-order valence-electron chi connectivity index (χ0n) is 7.80. The fourth-order valence-electron chi connectivity index (χ4n) is 0.878. The monoisotopic (exact) mass is 274 g/mol. The minimum Gasteiger partial charge on any atom is -0.384 e. The van der Waals surface area contributed by atoms with Crippen LogP contribution in [0.25, 0.3) is 0 Å². The van der Waals surface area contributed by atoms with Crippen molar-refractivity contribution in [3.05, 3.63) is 35.9 Å². The highest BCUT2D eigenvalue weighted by molar-refractivity contribution is 8.89. The van der Waals surface area contributed by atoms with Gasteiger partial charge in [-0.3, -0.25) is 0 Å². The Hall–Kier alpha value is -0.300. The summed E-state index contributed by atoms with van der Waals surface area (Å²) in [5, 5.41) is 3.11. The Morgan fingerprint density at radius 1 is 1.20 bits per heavy atom. The van der Waals surface area contributed by atoms with Gasteiger partial charge in [0.25, 0.3) is 0 Å². The molecule has 0 amide bonds. The van der Waals surface area contributed by atoms with Crippen LogP contribution >= 0.6 is 46.0 Å². The van der Waals surface area contributed by atoms with E-state index in [1.54, 1.807) is 0 Å². The van der Waals surface area contributed by atoms with Crippen molar-refractivity contribution in [2.24, 2.45) is 5.73 Å². The molecule has 0 aromatic heterocycles. The second-order valence-electron chi connectivity index (χ2n) is 2.61. The van der Waals surface area contributed by atoms with Gasteiger partial charge in [0.1, 0.15) is 8.64 Å². The number of nitrogens with one attached hydrogen (secondary N) is 1. The van der Waals surface area contributed by atoms with Gasteiger partial charge in [0.15, 0.2) is 0 Å². The van der Waals surface area contributed by atoms with Gasteiger partial charge in [-0.1, -0.05) is 54.8 Å². The number of thiocarbonyl (C=S) groups is 2. The van der Waals surface area contributed by atoms with Gasteiger partial charge in [0.2, 0.25) is 0 Å². The molecule has 1 aromatic rings. The van der Waals surface area contributed by atoms with Crippen LogP contribution in [0.3, 0.4) is 0 Å². The summed E-state index contributed by atoms with van der Waals surface area (Å²) in [7, 11) is 2.67. The van der Waals surface area contributed by atoms with Gasteiger partial charge in [-0.2, -0.15) is 0 Å². The zero-order valence-corrected chi connectivity index (χ0v) is 11.1. The van der Waals surface area contributed by atoms with Crippen LogP contribution in [0.15, 0.2) is 30.3 Å². The highest BCUT2D eigenvalue weighted by Crippen LogP contribution is 2.21. The molecule has 6 heteroatoms. The van der Waals surface area contributed by atoms with Crippen LogP contribution in [0.2, 0.25) is 0 Å². The van der Waals surface area contributed by atoms with Crippen LogP contribution in [-0.4, -0.2) is 8.64 Å². The van der Waals surface area contributed by atoms with E-state index in [4.69, 9.17) is 30.2 Å². The first-order chi connectivity index (χ1) is 7.18. The highest BCUT2D eigenvalue weighted by atomic mass is 33.1. The molecule has 80 valence electrons. The summed E-state index contributed by atoms with van der Waals surface area (Å²) < 4.78 is 1.08. The first kappa shape index (κ1) is 12.8. The topological polar surface area (TPSA) is 38.0 Å². The van der Waals surface area contributed by atoms with E-state index in [0.29, 0.717) is 8.64 Å². The van der Waals surface area contributed by atoms with Crippen molar-refractivity contribution in [3.8, 4) is 0 Å². The number of benzene rings is 1. The van der Waals surface area contributed by atoms with E-state index in [9.17, 15) is 0 Å². The third-order valence-corrected chi connectivity index (χ3v) is 4.59. The number of hydrogen-bond acceptors (Lipinski definition) is 4. The first-order valence-electron chi connectivity index (χ1n) is 4.14. The molecule has 0 aliphatic heterocycles. The summed E-state index contributed by atoms with van der Waals surface area (Å²) in [6.07, 6.45) is 0. The molecule has 0 saturated heterocycles. The molecule has 0 unspecified atom stereocenters. The minimum atomic E-state index is 0.392. The van der Waals surface area contributed by atoms with Crippen molar-refractivity contribution in [1.29, 1.82) is 0 Å². The van der Waals surface area contributed by atoms with Crippen LogP contribution in [-0.2, 0) is 6.54 Å². The predicted octanol–water partition coefficient (Wildman–Crippen LogP) is 2.69. The van der Waals surface area contributed by atoms with Gasteiger partial charge in [-0.15, -0.1) is 0 Å². The van der Waals surface area contributed by atoms with Gasteiger partial charge in [-0.05, 0) is 27.2 Å². The second-order valence-corrected chi connectivity index (χ2v) is 6.16. The predicted molar refractivity (Wildman–Crippen MR) is 77.8 cm³/mol. The van der Waals surface area contributed by atoms with Crippen molar-refractivity contribution >= 4 is 54.7 Å². The lowest BCUT2D eigenvalue weighted by Crippen LogP contribution is -2.17. The minimum absolute atomic E-state index is 0.392. The molecule has 0 spiro atoms. The van der Waals surface area contributed by atoms with Crippen LogP contribution in [0.5, 0.6) is 0 Å². The number of hydrogen-bond donors (Lipinski definition) is 2. The van der Waals surface area contributed by atoms with Crippen molar-refractivity contribution in [2.75, 3.05) is 0 Å². The Labute approximate surface area is 108 Å². The van der Waals surface area contributed by atoms with Crippen LogP contribution in [0, 0.1) is 0 Å². The summed E-state index contributed by atoms with van der Waals surface area (Å²) in [4.78, 5) is 0. The molecule has 0 saturated carbocycles. The molecule has 0 atom stereocenters. The van der Waals surface area contributed by atoms with Gasteiger partial charge in [0, 0.05) is 6.54 Å². The third-order valence-electron chi connectivity index (χ3n) is 1.48. The van der Waals surface area contributed by atoms with E-state index < -0.39 is 0 Å². The quantitative estimate of drug-likeness (QED) is 0.638. The van der Waals surface area contributed by atoms with Crippen molar-refractivity contribution < 1.29 is 0 Å². The van der Waals surface area contributed by atoms with Crippen molar-refractivity contribution in [2.45, 2.75) is 6.54 Å². The first-order valence-corrected chi connectivity index (χ1v) is 7.11. The standard InChI is InChI=1S/C9H10N2S4/c10-8(12)14-15-9(13)11-6-7-4-2-1-3-5-7/h1-5H,6H2,(H2,10,12)(H,11,13). The summed E-state index contributed by atoms with van der Waals surface area (Å²) in [5.74, 6) is 0. The highest BCUT2D eigenvalue weighted by Gasteiger charge is 1.99. The number of rotatable bonds is 2. The zero-order chi connectivity index (χ0) is 11.1. The van der Waals surface area contributed by atoms with E-state index in [1.807, 2.05) is 30.3 Å². The molecule has 1 rings (SSSR count). The van der Waals surface area contributed by atoms with Crippen LogP contribution in [0.4, 0.5) is 0 Å². The SMILES string of the molecule is NC(=S)SSC(=S)NCc1ccccc1. The lowest BCUT2D eigenvalue weighted by atomic mass is 10.2. The second kappa shape index (κ2) is 7.05. The molecule has 0 aliphatic carbocycles. The maximum Gasteiger partial charge on any atom is 0.145 e. The van der Waals surface area contributed by atoms with Crippen molar-refractivity contribution in [1.82, 2.24) is 5.32 Å². The molecule has 0 bridgehead atoms. The van der Waals surface area contributed by atoms with E-state index in [1.165, 1.54) is 27.2 Å². The Morgan fingerprint density at radius 3 is 2.47 bits per heavy atom. The summed E-state index contributed by atoms with van der Waals surface area (Å²) in [6.45, 7) is 0.727. The Balaban J connectivity index is 2.26. The molecular weight excluding hydrogens is 264 g/mol. The van der Waals surface area contributed by atoms with Gasteiger partial charge in [0.05, 0.1) is 0 Å². The maximum absolute atomic E-state index is 5.33. The van der Waals surface area contributed by atoms with E-state index in [-0.39, 0.29) is 0 Å². The molecule has 1 aromatic carbocycles. The largest absolute Gasteiger partial charge is 0.384 e. The van der Waals surface area contributed by atoms with E-state index in [2.05, 4.69) is 5.32 Å². The van der Waals surface area contributed by atoms with Crippen LogP contribution in [0.1, 0.15) is 5.56 Å². The van der Waals surface area contributed by atoms with E-state index in [0.717, 1.165) is 6.54 Å². The maximum atomic E-state index is 5.33. The Morgan fingerprint density at radius 2 is 1.87 bits per heavy atom. The average Bonchev–Trinajstić information content (AvgIpc) is 2.25. The number of nitrogens with two attached hydrogens (primary N) is 1. The van der Waals surface area contributed by atoms with Crippen LogP contribution < -0.4 is 11.1 Å². The van der Waals surface area contributed by atoms with Gasteiger partial charge >= 0.3 is 0 Å². The fourth-order valence-corrected chi connectivity index (χ4v) is 2.50. The Bertz CT molecular complexity index is 339. The summed E-state index contributed by atoms with van der Waals surface area (Å²) in [5.41, 5.74) is 6.53. The molecular formula is C9H10N2S4. The lowest BCUT2D eigenvalue weighted by Gasteiger charge is -2.05. The van der Waals surface area contributed by atoms with Gasteiger partial charge < -0.3 is 11.1 Å². The Kier molecular flexibility index (Phi) is 6.00.